The predicted octanol–water partition coefficient (Wildman–Crippen LogP) is 5.54. The molecule has 2 amide bonds. The van der Waals surface area contributed by atoms with Crippen LogP contribution in [-0.2, 0) is 24.8 Å². The lowest BCUT2D eigenvalue weighted by Crippen LogP contribution is -2.73. The van der Waals surface area contributed by atoms with Crippen LogP contribution in [0.4, 0.5) is 5.13 Å². The molecule has 3 atom stereocenters. The van der Waals surface area contributed by atoms with E-state index < -0.39 is 34.2 Å². The van der Waals surface area contributed by atoms with Gasteiger partial charge >= 0.3 is 5.97 Å². The van der Waals surface area contributed by atoms with Crippen molar-refractivity contribution >= 4 is 69.1 Å². The van der Waals surface area contributed by atoms with E-state index in [2.05, 4.69) is 57.2 Å². The van der Waals surface area contributed by atoms with Gasteiger partial charge < -0.3 is 25.5 Å². The van der Waals surface area contributed by atoms with E-state index in [1.54, 1.807) is 29.2 Å². The number of carbonyl (C=O) groups excluding carboxylic acids is 2. The van der Waals surface area contributed by atoms with E-state index in [1.165, 1.54) is 46.4 Å². The number of carbonyl (C=O) groups is 3. The Morgan fingerprint density at radius 1 is 1.00 bits per heavy atom. The molecule has 7 rings (SSSR count). The molecular weight excluding hydrogens is 705 g/mol. The van der Waals surface area contributed by atoms with Crippen molar-refractivity contribution in [2.24, 2.45) is 10.6 Å². The summed E-state index contributed by atoms with van der Waals surface area (Å²) in [6, 6.07) is 29.4. The molecule has 11 nitrogen and oxygen atoms in total. The summed E-state index contributed by atoms with van der Waals surface area (Å²) in [6.07, 6.45) is 5.01. The molecule has 14 heteroatoms. The number of aromatic nitrogens is 2. The number of aliphatic carboxylic acids is 1. The number of hydrogen-bond acceptors (Lipinski definition) is 11. The lowest BCUT2D eigenvalue weighted by atomic mass is 9.77. The molecule has 2 aliphatic rings. The van der Waals surface area contributed by atoms with Crippen molar-refractivity contribution in [3.63, 3.8) is 0 Å². The summed E-state index contributed by atoms with van der Waals surface area (Å²) < 4.78 is 0. The third-order valence-electron chi connectivity index (χ3n) is 8.90. The molecule has 5 aromatic rings. The quantitative estimate of drug-likeness (QED) is 0.0651. The molecule has 3 N–H and O–H groups in total. The summed E-state index contributed by atoms with van der Waals surface area (Å²) in [7, 11) is 1.34. The van der Waals surface area contributed by atoms with Crippen molar-refractivity contribution in [2.45, 2.75) is 17.0 Å². The number of benzene rings is 3. The van der Waals surface area contributed by atoms with Crippen LogP contribution in [0.3, 0.4) is 0 Å². The first-order valence-corrected chi connectivity index (χ1v) is 18.7. The molecule has 0 aliphatic carbocycles. The van der Waals surface area contributed by atoms with E-state index >= 15 is 0 Å². The molecule has 2 aliphatic heterocycles. The van der Waals surface area contributed by atoms with Crippen molar-refractivity contribution in [1.29, 1.82) is 0 Å². The monoisotopic (exact) mass is 736 g/mol. The lowest BCUT2D eigenvalue weighted by Gasteiger charge is -2.53. The van der Waals surface area contributed by atoms with Crippen LogP contribution in [0.5, 0.6) is 0 Å². The highest BCUT2D eigenvalue weighted by Crippen LogP contribution is 2.44. The largest absolute Gasteiger partial charge is 0.481 e. The van der Waals surface area contributed by atoms with Gasteiger partial charge in [-0.05, 0) is 22.8 Å². The Morgan fingerprint density at radius 3 is 2.18 bits per heavy atom. The third-order valence-corrected chi connectivity index (χ3v) is 11.9. The second-order valence-electron chi connectivity index (χ2n) is 12.0. The summed E-state index contributed by atoms with van der Waals surface area (Å²) in [5, 5.41) is 22.5. The number of carboxylic acids is 1. The molecule has 2 aromatic heterocycles. The summed E-state index contributed by atoms with van der Waals surface area (Å²) >= 11 is 4.02. The van der Waals surface area contributed by atoms with Crippen molar-refractivity contribution in [2.75, 3.05) is 24.7 Å². The van der Waals surface area contributed by atoms with Gasteiger partial charge in [0.15, 0.2) is 10.8 Å². The molecule has 258 valence electrons. The second-order valence-corrected chi connectivity index (χ2v) is 14.8. The molecule has 3 aromatic carbocycles. The number of thioether (sulfide) groups is 1. The fourth-order valence-corrected chi connectivity index (χ4v) is 9.11. The summed E-state index contributed by atoms with van der Waals surface area (Å²) in [5.41, 5.74) is 2.72. The zero-order valence-corrected chi connectivity index (χ0v) is 29.7. The SMILES string of the molecule is CON=C(C(=O)NC1C(=O)N2CC(C=Cc3cncs3)(C(=O)O)CS[C@H]12)c1csc(NC(c2ccccc2)(c2ccccc2)c2ccccc2)n1. The van der Waals surface area contributed by atoms with Crippen LogP contribution in [0, 0.1) is 5.41 Å². The number of amides is 2. The number of thiazole rings is 2. The maximum atomic E-state index is 13.7. The van der Waals surface area contributed by atoms with Crippen LogP contribution in [0.15, 0.2) is 119 Å². The number of rotatable bonds is 12. The van der Waals surface area contributed by atoms with Crippen molar-refractivity contribution < 1.29 is 24.3 Å². The van der Waals surface area contributed by atoms with Gasteiger partial charge in [-0.3, -0.25) is 19.4 Å². The number of nitrogens with zero attached hydrogens (tertiary/aromatic N) is 4. The van der Waals surface area contributed by atoms with Gasteiger partial charge in [-0.2, -0.15) is 0 Å². The van der Waals surface area contributed by atoms with Gasteiger partial charge in [-0.25, -0.2) is 4.98 Å². The fourth-order valence-electron chi connectivity index (χ4n) is 6.33. The summed E-state index contributed by atoms with van der Waals surface area (Å²) in [5.74, 6) is -1.79. The first-order chi connectivity index (χ1) is 24.8. The number of nitrogens with one attached hydrogen (secondary N) is 2. The standard InChI is InChI=1S/C37H32N6O5S3/c1-48-42-29(31(44)40-30-32(45)43-21-36(34(46)47,22-50-33(30)43)18-17-27-19-38-23-51-27)28-20-49-35(39-28)41-37(24-11-5-2-6-12-24,25-13-7-3-8-14-25)26-15-9-4-10-16-26/h2-20,23,30,33H,21-22H2,1H3,(H,39,41)(H,40,44)(H,46,47)/t30?,33-,36?/m1/s1. The predicted molar refractivity (Wildman–Crippen MR) is 200 cm³/mol. The Kier molecular flexibility index (Phi) is 9.71. The molecule has 2 fully saturated rings. The first kappa shape index (κ1) is 34.2. The first-order valence-electron chi connectivity index (χ1n) is 15.9. The highest BCUT2D eigenvalue weighted by atomic mass is 32.2. The zero-order valence-electron chi connectivity index (χ0n) is 27.2. The molecule has 2 unspecified atom stereocenters. The summed E-state index contributed by atoms with van der Waals surface area (Å²) in [4.78, 5) is 55.7. The number of hydrogen-bond donors (Lipinski definition) is 3. The average molecular weight is 737 g/mol. The van der Waals surface area contributed by atoms with Gasteiger partial charge in [0.2, 0.25) is 5.91 Å². The van der Waals surface area contributed by atoms with Crippen LogP contribution in [0.2, 0.25) is 0 Å². The molecule has 0 bridgehead atoms. The maximum absolute atomic E-state index is 13.7. The summed E-state index contributed by atoms with van der Waals surface area (Å²) in [6.45, 7) is -0.00731. The minimum absolute atomic E-state index is 0.00731. The van der Waals surface area contributed by atoms with Gasteiger partial charge in [0.1, 0.15) is 35.2 Å². The number of β-lactam (4-membered cyclic amide) rings is 1. The van der Waals surface area contributed by atoms with Gasteiger partial charge in [0, 0.05) is 28.8 Å². The molecule has 4 heterocycles. The maximum Gasteiger partial charge on any atom is 0.316 e. The van der Waals surface area contributed by atoms with Crippen molar-refractivity contribution in [3.05, 3.63) is 141 Å². The average Bonchev–Trinajstić information content (AvgIpc) is 3.88. The molecule has 0 spiro atoms. The Hall–Kier alpha value is -5.31. The topological polar surface area (TPSA) is 146 Å². The minimum atomic E-state index is -1.27. The van der Waals surface area contributed by atoms with Crippen LogP contribution in [0.1, 0.15) is 27.3 Å². The normalized spacial score (nSPS) is 20.4. The van der Waals surface area contributed by atoms with Gasteiger partial charge in [0.25, 0.3) is 5.91 Å². The van der Waals surface area contributed by atoms with E-state index in [1.807, 2.05) is 54.6 Å². The highest BCUT2D eigenvalue weighted by molar-refractivity contribution is 8.00. The van der Waals surface area contributed by atoms with Crippen LogP contribution < -0.4 is 10.6 Å². The lowest BCUT2D eigenvalue weighted by molar-refractivity contribution is -0.155. The fraction of sp³-hybridized carbons (Fsp3) is 0.189. The Morgan fingerprint density at radius 2 is 1.63 bits per heavy atom. The van der Waals surface area contributed by atoms with Gasteiger partial charge in [-0.15, -0.1) is 34.4 Å². The van der Waals surface area contributed by atoms with Crippen molar-refractivity contribution in [1.82, 2.24) is 20.2 Å². The van der Waals surface area contributed by atoms with Crippen LogP contribution in [-0.4, -0.2) is 74.3 Å². The molecule has 51 heavy (non-hydrogen) atoms. The Labute approximate surface area is 306 Å². The van der Waals surface area contributed by atoms with Crippen LogP contribution >= 0.6 is 34.4 Å². The highest BCUT2D eigenvalue weighted by Gasteiger charge is 2.57. The van der Waals surface area contributed by atoms with E-state index in [0.29, 0.717) is 5.13 Å². The number of carboxylic acid groups (broad SMARTS) is 1. The number of anilines is 1. The van der Waals surface area contributed by atoms with E-state index in [-0.39, 0.29) is 29.6 Å². The number of fused-ring (bicyclic) bond motifs is 1. The van der Waals surface area contributed by atoms with Gasteiger partial charge in [-0.1, -0.05) is 102 Å². The van der Waals surface area contributed by atoms with Crippen molar-refractivity contribution in [3.8, 4) is 0 Å². The molecule has 2 saturated heterocycles. The molecule has 0 radical (unpaired) electrons. The molecular formula is C37H32N6O5S3. The zero-order chi connectivity index (χ0) is 35.4. The van der Waals surface area contributed by atoms with E-state index in [4.69, 9.17) is 9.82 Å². The third kappa shape index (κ3) is 6.53. The minimum Gasteiger partial charge on any atom is -0.481 e. The Balaban J connectivity index is 1.12. The van der Waals surface area contributed by atoms with E-state index in [9.17, 15) is 19.5 Å². The number of oxime groups is 1. The molecule has 0 saturated carbocycles. The Bertz CT molecular complexity index is 1980. The smallest absolute Gasteiger partial charge is 0.316 e. The van der Waals surface area contributed by atoms with Crippen LogP contribution in [0.25, 0.3) is 6.08 Å². The van der Waals surface area contributed by atoms with E-state index in [0.717, 1.165) is 21.6 Å². The van der Waals surface area contributed by atoms with Gasteiger partial charge in [0.05, 0.1) is 5.51 Å². The second kappa shape index (κ2) is 14.5.